The number of aromatic nitrogens is 3. The van der Waals surface area contributed by atoms with Crippen LogP contribution in [0.5, 0.6) is 0 Å². The second-order valence-electron chi connectivity index (χ2n) is 3.65. The maximum absolute atomic E-state index is 12.1. The molecular weight excluding hydrogens is 400 g/mol. The molecule has 0 radical (unpaired) electrons. The van der Waals surface area contributed by atoms with Gasteiger partial charge in [0.05, 0.1) is 4.90 Å². The van der Waals surface area contributed by atoms with Crippen LogP contribution in [0.15, 0.2) is 38.4 Å². The lowest BCUT2D eigenvalue weighted by Gasteiger charge is -2.08. The summed E-state index contributed by atoms with van der Waals surface area (Å²) >= 11 is 6.48. The molecule has 0 atom stereocenters. The predicted molar refractivity (Wildman–Crippen MR) is 77.1 cm³/mol. The van der Waals surface area contributed by atoms with Crippen molar-refractivity contribution in [1.82, 2.24) is 19.9 Å². The second kappa shape index (κ2) is 6.12. The standard InChI is InChI=1S/C10H10Br2N4O2S/c11-7-1-2-8(12)9(5-7)19(17,18)15-4-3-10-13-6-14-16-10/h1-2,5-6,15H,3-4H2,(H,13,14,16). The third-order valence-electron chi connectivity index (χ3n) is 2.30. The first-order valence-corrected chi connectivity index (χ1v) is 8.35. The zero-order chi connectivity index (χ0) is 13.9. The fraction of sp³-hybridized carbons (Fsp3) is 0.200. The van der Waals surface area contributed by atoms with E-state index in [9.17, 15) is 8.42 Å². The second-order valence-corrected chi connectivity index (χ2v) is 7.16. The summed E-state index contributed by atoms with van der Waals surface area (Å²) in [6.45, 7) is 0.247. The molecule has 2 aromatic rings. The fourth-order valence-corrected chi connectivity index (χ4v) is 3.95. The van der Waals surface area contributed by atoms with E-state index in [0.717, 1.165) is 0 Å². The van der Waals surface area contributed by atoms with E-state index < -0.39 is 10.0 Å². The molecule has 9 heteroatoms. The summed E-state index contributed by atoms with van der Waals surface area (Å²) in [4.78, 5) is 4.12. The molecule has 0 fully saturated rings. The Labute approximate surface area is 127 Å². The highest BCUT2D eigenvalue weighted by atomic mass is 79.9. The van der Waals surface area contributed by atoms with Crippen LogP contribution in [0.1, 0.15) is 5.82 Å². The molecule has 19 heavy (non-hydrogen) atoms. The molecule has 0 aliphatic carbocycles. The summed E-state index contributed by atoms with van der Waals surface area (Å²) in [5, 5.41) is 6.37. The van der Waals surface area contributed by atoms with E-state index in [-0.39, 0.29) is 11.4 Å². The van der Waals surface area contributed by atoms with Gasteiger partial charge in [0.15, 0.2) is 0 Å². The van der Waals surface area contributed by atoms with Gasteiger partial charge in [-0.3, -0.25) is 5.10 Å². The van der Waals surface area contributed by atoms with Gasteiger partial charge >= 0.3 is 0 Å². The topological polar surface area (TPSA) is 87.7 Å². The van der Waals surface area contributed by atoms with Gasteiger partial charge in [0.1, 0.15) is 12.2 Å². The Bertz CT molecular complexity index is 658. The number of aromatic amines is 1. The van der Waals surface area contributed by atoms with Gasteiger partial charge in [0, 0.05) is 21.9 Å². The molecule has 0 aliphatic heterocycles. The number of benzene rings is 1. The molecule has 6 nitrogen and oxygen atoms in total. The minimum atomic E-state index is -3.56. The Balaban J connectivity index is 2.07. The minimum Gasteiger partial charge on any atom is -0.263 e. The third kappa shape index (κ3) is 3.85. The Morgan fingerprint density at radius 3 is 2.79 bits per heavy atom. The van der Waals surface area contributed by atoms with Crippen LogP contribution in [-0.2, 0) is 16.4 Å². The van der Waals surface area contributed by atoms with Crippen LogP contribution in [-0.4, -0.2) is 30.1 Å². The number of hydrogen-bond acceptors (Lipinski definition) is 4. The molecule has 0 bridgehead atoms. The highest BCUT2D eigenvalue weighted by molar-refractivity contribution is 9.11. The normalized spacial score (nSPS) is 11.7. The van der Waals surface area contributed by atoms with Crippen LogP contribution in [0.25, 0.3) is 0 Å². The van der Waals surface area contributed by atoms with Crippen molar-refractivity contribution in [2.75, 3.05) is 6.54 Å². The quantitative estimate of drug-likeness (QED) is 0.788. The zero-order valence-electron chi connectivity index (χ0n) is 9.60. The first-order chi connectivity index (χ1) is 8.99. The van der Waals surface area contributed by atoms with E-state index in [4.69, 9.17) is 0 Å². The van der Waals surface area contributed by atoms with Crippen molar-refractivity contribution in [3.63, 3.8) is 0 Å². The van der Waals surface area contributed by atoms with Crippen LogP contribution in [0, 0.1) is 0 Å². The van der Waals surface area contributed by atoms with Crippen molar-refractivity contribution in [3.05, 3.63) is 39.3 Å². The molecule has 0 unspecified atom stereocenters. The molecule has 1 aromatic heterocycles. The Morgan fingerprint density at radius 1 is 1.32 bits per heavy atom. The summed E-state index contributed by atoms with van der Waals surface area (Å²) < 4.78 is 28.0. The number of nitrogens with one attached hydrogen (secondary N) is 2. The largest absolute Gasteiger partial charge is 0.263 e. The van der Waals surface area contributed by atoms with Crippen molar-refractivity contribution < 1.29 is 8.42 Å². The van der Waals surface area contributed by atoms with E-state index in [1.807, 2.05) is 0 Å². The molecule has 102 valence electrons. The number of halogens is 2. The lowest BCUT2D eigenvalue weighted by atomic mass is 10.4. The lowest BCUT2D eigenvalue weighted by molar-refractivity contribution is 0.580. The van der Waals surface area contributed by atoms with Crippen LogP contribution < -0.4 is 4.72 Å². The van der Waals surface area contributed by atoms with Crippen molar-refractivity contribution in [2.45, 2.75) is 11.3 Å². The SMILES string of the molecule is O=S(=O)(NCCc1ncn[nH]1)c1cc(Br)ccc1Br. The highest BCUT2D eigenvalue weighted by Gasteiger charge is 2.17. The summed E-state index contributed by atoms with van der Waals surface area (Å²) in [7, 11) is -3.56. The van der Waals surface area contributed by atoms with E-state index in [1.165, 1.54) is 6.33 Å². The smallest absolute Gasteiger partial charge is 0.241 e. The lowest BCUT2D eigenvalue weighted by Crippen LogP contribution is -2.26. The van der Waals surface area contributed by atoms with Gasteiger partial charge in [0.2, 0.25) is 10.0 Å². The van der Waals surface area contributed by atoms with Crippen LogP contribution in [0.3, 0.4) is 0 Å². The summed E-state index contributed by atoms with van der Waals surface area (Å²) in [5.74, 6) is 0.635. The predicted octanol–water partition coefficient (Wildman–Crippen LogP) is 1.85. The van der Waals surface area contributed by atoms with Gasteiger partial charge < -0.3 is 0 Å². The van der Waals surface area contributed by atoms with E-state index in [1.54, 1.807) is 18.2 Å². The van der Waals surface area contributed by atoms with Crippen LogP contribution in [0.4, 0.5) is 0 Å². The number of nitrogens with zero attached hydrogens (tertiary/aromatic N) is 2. The summed E-state index contributed by atoms with van der Waals surface area (Å²) in [6, 6.07) is 4.98. The maximum Gasteiger partial charge on any atom is 0.241 e. The Hall–Kier alpha value is -0.770. The molecule has 2 rings (SSSR count). The maximum atomic E-state index is 12.1. The average Bonchev–Trinajstić information content (AvgIpc) is 2.85. The summed E-state index contributed by atoms with van der Waals surface area (Å²) in [5.41, 5.74) is 0. The van der Waals surface area contributed by atoms with E-state index in [2.05, 4.69) is 51.8 Å². The third-order valence-corrected chi connectivity index (χ3v) is 5.25. The van der Waals surface area contributed by atoms with Crippen molar-refractivity contribution in [3.8, 4) is 0 Å². The first-order valence-electron chi connectivity index (χ1n) is 5.28. The van der Waals surface area contributed by atoms with E-state index >= 15 is 0 Å². The number of sulfonamides is 1. The molecule has 0 spiro atoms. The summed E-state index contributed by atoms with van der Waals surface area (Å²) in [6.07, 6.45) is 1.83. The monoisotopic (exact) mass is 408 g/mol. The minimum absolute atomic E-state index is 0.194. The Morgan fingerprint density at radius 2 is 2.11 bits per heavy atom. The van der Waals surface area contributed by atoms with Gasteiger partial charge in [-0.05, 0) is 34.1 Å². The van der Waals surface area contributed by atoms with Gasteiger partial charge in [-0.1, -0.05) is 15.9 Å². The Kier molecular flexibility index (Phi) is 4.71. The van der Waals surface area contributed by atoms with Crippen LogP contribution in [0.2, 0.25) is 0 Å². The molecule has 1 heterocycles. The first kappa shape index (κ1) is 14.6. The highest BCUT2D eigenvalue weighted by Crippen LogP contribution is 2.25. The van der Waals surface area contributed by atoms with Gasteiger partial charge in [-0.2, -0.15) is 5.10 Å². The van der Waals surface area contributed by atoms with Gasteiger partial charge in [-0.15, -0.1) is 0 Å². The van der Waals surface area contributed by atoms with Crippen molar-refractivity contribution >= 4 is 41.9 Å². The van der Waals surface area contributed by atoms with Crippen molar-refractivity contribution in [1.29, 1.82) is 0 Å². The van der Waals surface area contributed by atoms with Crippen molar-refractivity contribution in [2.24, 2.45) is 0 Å². The number of H-pyrrole nitrogens is 1. The van der Waals surface area contributed by atoms with Crippen LogP contribution >= 0.6 is 31.9 Å². The molecule has 0 amide bonds. The van der Waals surface area contributed by atoms with Gasteiger partial charge in [0.25, 0.3) is 0 Å². The number of hydrogen-bond donors (Lipinski definition) is 2. The molecular formula is C10H10Br2N4O2S. The fourth-order valence-electron chi connectivity index (χ4n) is 1.42. The molecule has 0 aliphatic rings. The number of rotatable bonds is 5. The zero-order valence-corrected chi connectivity index (χ0v) is 13.6. The molecule has 0 saturated carbocycles. The average molecular weight is 410 g/mol. The van der Waals surface area contributed by atoms with Gasteiger partial charge in [-0.25, -0.2) is 18.1 Å². The molecule has 1 aromatic carbocycles. The molecule has 2 N–H and O–H groups in total. The van der Waals surface area contributed by atoms with E-state index in [0.29, 0.717) is 21.2 Å². The molecule has 0 saturated heterocycles.